The minimum atomic E-state index is -0.234. The summed E-state index contributed by atoms with van der Waals surface area (Å²) in [6, 6.07) is 20.2. The van der Waals surface area contributed by atoms with Crippen LogP contribution in [-0.4, -0.2) is 18.6 Å². The van der Waals surface area contributed by atoms with Crippen molar-refractivity contribution in [2.45, 2.75) is 26.0 Å². The number of benzene rings is 2. The molecule has 3 nitrogen and oxygen atoms in total. The smallest absolute Gasteiger partial charge is 0.320 e. The Morgan fingerprint density at radius 3 is 1.86 bits per heavy atom. The maximum absolute atomic E-state index is 11.7. The molecular formula is C18H21NO2. The first-order valence-electron chi connectivity index (χ1n) is 7.19. The quantitative estimate of drug-likeness (QED) is 0.827. The Labute approximate surface area is 126 Å². The van der Waals surface area contributed by atoms with E-state index in [0.29, 0.717) is 0 Å². The van der Waals surface area contributed by atoms with Gasteiger partial charge in [-0.05, 0) is 25.0 Å². The van der Waals surface area contributed by atoms with Crippen molar-refractivity contribution in [2.75, 3.05) is 6.54 Å². The summed E-state index contributed by atoms with van der Waals surface area (Å²) in [4.78, 5) is 11.7. The topological polar surface area (TPSA) is 38.3 Å². The molecule has 2 aromatic rings. The van der Waals surface area contributed by atoms with Crippen LogP contribution >= 0.6 is 0 Å². The monoisotopic (exact) mass is 283 g/mol. The number of hydrogen-bond acceptors (Lipinski definition) is 3. The summed E-state index contributed by atoms with van der Waals surface area (Å²) < 4.78 is 5.17. The summed E-state index contributed by atoms with van der Waals surface area (Å²) in [5.74, 6) is -0.234. The zero-order chi connectivity index (χ0) is 15.1. The van der Waals surface area contributed by atoms with Crippen LogP contribution in [0.2, 0.25) is 0 Å². The van der Waals surface area contributed by atoms with Gasteiger partial charge in [0, 0.05) is 0 Å². The molecule has 0 heterocycles. The fourth-order valence-corrected chi connectivity index (χ4v) is 2.21. The number of hydrogen-bond donors (Lipinski definition) is 1. The molecule has 0 spiro atoms. The molecule has 3 heteroatoms. The Morgan fingerprint density at radius 1 is 0.952 bits per heavy atom. The highest BCUT2D eigenvalue weighted by molar-refractivity contribution is 5.72. The highest BCUT2D eigenvalue weighted by Crippen LogP contribution is 2.21. The van der Waals surface area contributed by atoms with E-state index in [4.69, 9.17) is 4.74 Å². The van der Waals surface area contributed by atoms with Crippen molar-refractivity contribution >= 4 is 5.97 Å². The van der Waals surface area contributed by atoms with Gasteiger partial charge in [-0.2, -0.15) is 0 Å². The predicted molar refractivity (Wildman–Crippen MR) is 84.0 cm³/mol. The average Bonchev–Trinajstić information content (AvgIpc) is 2.49. The van der Waals surface area contributed by atoms with Crippen LogP contribution in [0.3, 0.4) is 0 Å². The molecule has 2 rings (SSSR count). The van der Waals surface area contributed by atoms with Gasteiger partial charge in [0.25, 0.3) is 0 Å². The lowest BCUT2D eigenvalue weighted by Crippen LogP contribution is -2.30. The Bertz CT molecular complexity index is 512. The van der Waals surface area contributed by atoms with E-state index in [0.717, 1.165) is 11.1 Å². The predicted octanol–water partition coefficient (Wildman–Crippen LogP) is 3.32. The molecule has 110 valence electrons. The van der Waals surface area contributed by atoms with Gasteiger partial charge in [-0.1, -0.05) is 60.7 Å². The highest BCUT2D eigenvalue weighted by Gasteiger charge is 2.15. The maximum Gasteiger partial charge on any atom is 0.320 e. The third kappa shape index (κ3) is 4.72. The standard InChI is InChI=1S/C18H21NO2/c1-14(2)21-17(20)13-19-18(15-9-5-3-6-10-15)16-11-7-4-8-12-16/h3-12,14,18-19H,13H2,1-2H3. The molecule has 0 radical (unpaired) electrons. The van der Waals surface area contributed by atoms with Crippen LogP contribution in [0.15, 0.2) is 60.7 Å². The van der Waals surface area contributed by atoms with Crippen molar-refractivity contribution in [3.8, 4) is 0 Å². The largest absolute Gasteiger partial charge is 0.462 e. The summed E-state index contributed by atoms with van der Waals surface area (Å²) in [5, 5.41) is 3.28. The Hall–Kier alpha value is -2.13. The molecule has 21 heavy (non-hydrogen) atoms. The van der Waals surface area contributed by atoms with E-state index < -0.39 is 0 Å². The number of carbonyl (C=O) groups is 1. The van der Waals surface area contributed by atoms with E-state index in [1.807, 2.05) is 50.2 Å². The molecule has 0 aromatic heterocycles. The first-order valence-corrected chi connectivity index (χ1v) is 7.19. The number of nitrogens with one attached hydrogen (secondary N) is 1. The van der Waals surface area contributed by atoms with Gasteiger partial charge in [0.15, 0.2) is 0 Å². The minimum Gasteiger partial charge on any atom is -0.462 e. The average molecular weight is 283 g/mol. The van der Waals surface area contributed by atoms with Crippen LogP contribution in [0.1, 0.15) is 31.0 Å². The van der Waals surface area contributed by atoms with E-state index in [-0.39, 0.29) is 24.7 Å². The number of ether oxygens (including phenoxy) is 1. The molecule has 0 saturated heterocycles. The van der Waals surface area contributed by atoms with Gasteiger partial charge >= 0.3 is 5.97 Å². The van der Waals surface area contributed by atoms with Crippen molar-refractivity contribution in [1.82, 2.24) is 5.32 Å². The lowest BCUT2D eigenvalue weighted by atomic mass is 9.99. The van der Waals surface area contributed by atoms with Gasteiger partial charge in [-0.25, -0.2) is 0 Å². The lowest BCUT2D eigenvalue weighted by Gasteiger charge is -2.20. The Morgan fingerprint density at radius 2 is 1.43 bits per heavy atom. The second kappa shape index (κ2) is 7.60. The molecule has 0 amide bonds. The molecular weight excluding hydrogens is 262 g/mol. The van der Waals surface area contributed by atoms with Crippen molar-refractivity contribution in [2.24, 2.45) is 0 Å². The Balaban J connectivity index is 2.12. The fraction of sp³-hybridized carbons (Fsp3) is 0.278. The molecule has 0 saturated carbocycles. The summed E-state index contributed by atoms with van der Waals surface area (Å²) in [6.45, 7) is 3.89. The van der Waals surface area contributed by atoms with Crippen LogP contribution in [0.5, 0.6) is 0 Å². The van der Waals surface area contributed by atoms with E-state index in [2.05, 4.69) is 29.6 Å². The molecule has 0 aliphatic rings. The number of rotatable bonds is 6. The SMILES string of the molecule is CC(C)OC(=O)CNC(c1ccccc1)c1ccccc1. The molecule has 0 atom stereocenters. The Kier molecular flexibility index (Phi) is 5.52. The second-order valence-corrected chi connectivity index (χ2v) is 5.17. The first-order chi connectivity index (χ1) is 10.2. The molecule has 2 aromatic carbocycles. The first kappa shape index (κ1) is 15.3. The molecule has 0 fully saturated rings. The van der Waals surface area contributed by atoms with Gasteiger partial charge in [-0.15, -0.1) is 0 Å². The summed E-state index contributed by atoms with van der Waals surface area (Å²) in [6.07, 6.45) is -0.0915. The lowest BCUT2D eigenvalue weighted by molar-refractivity contribution is -0.146. The van der Waals surface area contributed by atoms with Gasteiger partial charge in [0.05, 0.1) is 18.7 Å². The highest BCUT2D eigenvalue weighted by atomic mass is 16.5. The molecule has 0 bridgehead atoms. The van der Waals surface area contributed by atoms with Gasteiger partial charge < -0.3 is 4.74 Å². The maximum atomic E-state index is 11.7. The molecule has 0 aliphatic carbocycles. The van der Waals surface area contributed by atoms with E-state index in [9.17, 15) is 4.79 Å². The minimum absolute atomic E-state index is 0.0212. The summed E-state index contributed by atoms with van der Waals surface area (Å²) >= 11 is 0. The second-order valence-electron chi connectivity index (χ2n) is 5.17. The number of carbonyl (C=O) groups excluding carboxylic acids is 1. The van der Waals surface area contributed by atoms with Crippen LogP contribution in [-0.2, 0) is 9.53 Å². The summed E-state index contributed by atoms with van der Waals surface area (Å²) in [5.41, 5.74) is 2.25. The molecule has 0 aliphatic heterocycles. The van der Waals surface area contributed by atoms with Crippen molar-refractivity contribution in [1.29, 1.82) is 0 Å². The zero-order valence-electron chi connectivity index (χ0n) is 12.5. The summed E-state index contributed by atoms with van der Waals surface area (Å²) in [7, 11) is 0. The van der Waals surface area contributed by atoms with E-state index in [1.54, 1.807) is 0 Å². The molecule has 1 N–H and O–H groups in total. The fourth-order valence-electron chi connectivity index (χ4n) is 2.21. The van der Waals surface area contributed by atoms with Gasteiger partial charge in [0.2, 0.25) is 0 Å². The van der Waals surface area contributed by atoms with Crippen molar-refractivity contribution in [3.63, 3.8) is 0 Å². The normalized spacial score (nSPS) is 10.9. The van der Waals surface area contributed by atoms with Gasteiger partial charge in [-0.3, -0.25) is 10.1 Å². The third-order valence-corrected chi connectivity index (χ3v) is 3.08. The van der Waals surface area contributed by atoms with Crippen LogP contribution in [0, 0.1) is 0 Å². The zero-order valence-corrected chi connectivity index (χ0v) is 12.5. The van der Waals surface area contributed by atoms with Gasteiger partial charge in [0.1, 0.15) is 0 Å². The number of esters is 1. The van der Waals surface area contributed by atoms with Crippen molar-refractivity contribution < 1.29 is 9.53 Å². The van der Waals surface area contributed by atoms with Crippen LogP contribution < -0.4 is 5.32 Å². The van der Waals surface area contributed by atoms with E-state index in [1.165, 1.54) is 0 Å². The third-order valence-electron chi connectivity index (χ3n) is 3.08. The van der Waals surface area contributed by atoms with Crippen LogP contribution in [0.4, 0.5) is 0 Å². The molecule has 0 unspecified atom stereocenters. The van der Waals surface area contributed by atoms with Crippen molar-refractivity contribution in [3.05, 3.63) is 71.8 Å². The van der Waals surface area contributed by atoms with Crippen LogP contribution in [0.25, 0.3) is 0 Å². The van der Waals surface area contributed by atoms with E-state index >= 15 is 0 Å².